The van der Waals surface area contributed by atoms with E-state index < -0.39 is 0 Å². The van der Waals surface area contributed by atoms with E-state index in [1.165, 1.54) is 30.4 Å². The zero-order valence-electron chi connectivity index (χ0n) is 17.2. The molecule has 2 heterocycles. The maximum absolute atomic E-state index is 12.2. The Labute approximate surface area is 175 Å². The molecule has 1 aromatic heterocycles. The van der Waals surface area contributed by atoms with Gasteiger partial charge in [-0.15, -0.1) is 0 Å². The van der Waals surface area contributed by atoms with Gasteiger partial charge in [0.15, 0.2) is 0 Å². The fraction of sp³-hybridized carbons (Fsp3) is 0.455. The largest absolute Gasteiger partial charge is 0.317 e. The maximum atomic E-state index is 12.2. The first-order valence-corrected chi connectivity index (χ1v) is 10.7. The quantitative estimate of drug-likeness (QED) is 0.548. The fourth-order valence-electron chi connectivity index (χ4n) is 3.97. The summed E-state index contributed by atoms with van der Waals surface area (Å²) in [6, 6.07) is 6.54. The molecular formula is C22H29BrN4O. The zero-order chi connectivity index (χ0) is 20.3. The molecule has 1 amide bonds. The molecule has 6 heteroatoms. The average Bonchev–Trinajstić information content (AvgIpc) is 2.85. The summed E-state index contributed by atoms with van der Waals surface area (Å²) in [6.07, 6.45) is 5.35. The van der Waals surface area contributed by atoms with Crippen LogP contribution in [0, 0.1) is 27.7 Å². The minimum atomic E-state index is -0.0580. The lowest BCUT2D eigenvalue weighted by Crippen LogP contribution is -2.38. The zero-order valence-corrected chi connectivity index (χ0v) is 18.8. The maximum Gasteiger partial charge on any atom is 0.254 e. The second-order valence-corrected chi connectivity index (χ2v) is 8.50. The van der Waals surface area contributed by atoms with Crippen LogP contribution in [0.2, 0.25) is 0 Å². The van der Waals surface area contributed by atoms with Gasteiger partial charge < -0.3 is 4.57 Å². The third-order valence-corrected chi connectivity index (χ3v) is 6.28. The molecule has 1 saturated heterocycles. The number of hydrazone groups is 1. The van der Waals surface area contributed by atoms with Crippen molar-refractivity contribution in [3.05, 3.63) is 50.8 Å². The molecule has 0 aliphatic carbocycles. The van der Waals surface area contributed by atoms with Crippen LogP contribution < -0.4 is 5.43 Å². The Bertz CT molecular complexity index is 874. The molecule has 0 radical (unpaired) electrons. The summed E-state index contributed by atoms with van der Waals surface area (Å²) in [7, 11) is 0. The van der Waals surface area contributed by atoms with Crippen molar-refractivity contribution in [1.29, 1.82) is 0 Å². The number of aryl methyl sites for hydroxylation is 2. The Hall–Kier alpha value is -1.92. The Morgan fingerprint density at radius 3 is 2.36 bits per heavy atom. The number of carbonyl (C=O) groups excluding carboxylic acids is 1. The molecular weight excluding hydrogens is 416 g/mol. The Kier molecular flexibility index (Phi) is 6.73. The van der Waals surface area contributed by atoms with Gasteiger partial charge in [0.25, 0.3) is 5.91 Å². The molecule has 2 aromatic rings. The normalized spacial score (nSPS) is 15.3. The van der Waals surface area contributed by atoms with Crippen LogP contribution in [0.25, 0.3) is 5.69 Å². The summed E-state index contributed by atoms with van der Waals surface area (Å²) in [5.74, 6) is -0.0580. The van der Waals surface area contributed by atoms with Crippen molar-refractivity contribution < 1.29 is 4.79 Å². The molecule has 5 nitrogen and oxygen atoms in total. The first kappa shape index (κ1) is 20.8. The van der Waals surface area contributed by atoms with Crippen molar-refractivity contribution in [2.75, 3.05) is 19.6 Å². The van der Waals surface area contributed by atoms with Gasteiger partial charge in [0.05, 0.1) is 12.8 Å². The van der Waals surface area contributed by atoms with Crippen LogP contribution in [-0.4, -0.2) is 41.2 Å². The minimum absolute atomic E-state index is 0.0580. The number of nitrogens with zero attached hydrogens (tertiary/aromatic N) is 3. The Morgan fingerprint density at radius 1 is 1.07 bits per heavy atom. The van der Waals surface area contributed by atoms with Crippen molar-refractivity contribution in [3.8, 4) is 5.69 Å². The predicted molar refractivity (Wildman–Crippen MR) is 118 cm³/mol. The van der Waals surface area contributed by atoms with E-state index in [1.807, 2.05) is 0 Å². The highest BCUT2D eigenvalue weighted by molar-refractivity contribution is 9.10. The van der Waals surface area contributed by atoms with E-state index in [4.69, 9.17) is 0 Å². The van der Waals surface area contributed by atoms with Gasteiger partial charge in [-0.1, -0.05) is 12.5 Å². The second-order valence-electron chi connectivity index (χ2n) is 7.71. The molecule has 1 fully saturated rings. The van der Waals surface area contributed by atoms with E-state index in [-0.39, 0.29) is 5.91 Å². The smallest absolute Gasteiger partial charge is 0.254 e. The highest BCUT2D eigenvalue weighted by atomic mass is 79.9. The van der Waals surface area contributed by atoms with Gasteiger partial charge in [-0.05, 0) is 92.8 Å². The number of piperidine rings is 1. The van der Waals surface area contributed by atoms with E-state index in [0.717, 1.165) is 40.2 Å². The Balaban J connectivity index is 1.75. The number of nitrogens with one attached hydrogen (secondary N) is 1. The van der Waals surface area contributed by atoms with Crippen molar-refractivity contribution >= 4 is 28.1 Å². The van der Waals surface area contributed by atoms with E-state index in [9.17, 15) is 4.79 Å². The number of hydrogen-bond donors (Lipinski definition) is 1. The summed E-state index contributed by atoms with van der Waals surface area (Å²) in [4.78, 5) is 14.3. The number of aromatic nitrogens is 1. The molecule has 0 unspecified atom stereocenters. The Morgan fingerprint density at radius 2 is 1.71 bits per heavy atom. The molecule has 3 rings (SSSR count). The first-order valence-electron chi connectivity index (χ1n) is 9.87. The predicted octanol–water partition coefficient (Wildman–Crippen LogP) is 4.41. The molecule has 28 heavy (non-hydrogen) atoms. The number of carbonyl (C=O) groups is 1. The SMILES string of the molecule is Cc1cc(C)cc(-n2c(C)c(Br)c(/C=N\NC(=O)CN3CCCCC3)c2C)c1. The van der Waals surface area contributed by atoms with Crippen molar-refractivity contribution in [1.82, 2.24) is 14.9 Å². The molecule has 0 saturated carbocycles. The van der Waals surface area contributed by atoms with Gasteiger partial charge in [-0.25, -0.2) is 5.43 Å². The molecule has 1 aliphatic rings. The number of rotatable bonds is 5. The summed E-state index contributed by atoms with van der Waals surface area (Å²) < 4.78 is 3.22. The molecule has 1 N–H and O–H groups in total. The van der Waals surface area contributed by atoms with Crippen LogP contribution in [0.3, 0.4) is 0 Å². The van der Waals surface area contributed by atoms with Crippen LogP contribution >= 0.6 is 15.9 Å². The second kappa shape index (κ2) is 9.05. The molecule has 0 bridgehead atoms. The monoisotopic (exact) mass is 444 g/mol. The molecule has 1 aromatic carbocycles. The lowest BCUT2D eigenvalue weighted by molar-refractivity contribution is -0.122. The highest BCUT2D eigenvalue weighted by Gasteiger charge is 2.17. The van der Waals surface area contributed by atoms with Gasteiger partial charge >= 0.3 is 0 Å². The fourth-order valence-corrected chi connectivity index (χ4v) is 4.53. The summed E-state index contributed by atoms with van der Waals surface area (Å²) in [5, 5.41) is 4.22. The van der Waals surface area contributed by atoms with Crippen LogP contribution in [-0.2, 0) is 4.79 Å². The van der Waals surface area contributed by atoms with Crippen molar-refractivity contribution in [3.63, 3.8) is 0 Å². The lowest BCUT2D eigenvalue weighted by Gasteiger charge is -2.25. The van der Waals surface area contributed by atoms with Crippen LogP contribution in [0.15, 0.2) is 27.8 Å². The number of benzene rings is 1. The minimum Gasteiger partial charge on any atom is -0.317 e. The third-order valence-electron chi connectivity index (χ3n) is 5.28. The lowest BCUT2D eigenvalue weighted by atomic mass is 10.1. The van der Waals surface area contributed by atoms with E-state index in [1.54, 1.807) is 6.21 Å². The molecule has 0 atom stereocenters. The van der Waals surface area contributed by atoms with Crippen LogP contribution in [0.1, 0.15) is 47.3 Å². The van der Waals surface area contributed by atoms with Gasteiger partial charge in [0.1, 0.15) is 0 Å². The van der Waals surface area contributed by atoms with Gasteiger partial charge in [-0.2, -0.15) is 5.10 Å². The highest BCUT2D eigenvalue weighted by Crippen LogP contribution is 2.30. The molecule has 1 aliphatic heterocycles. The van der Waals surface area contributed by atoms with Gasteiger partial charge in [-0.3, -0.25) is 9.69 Å². The number of amides is 1. The summed E-state index contributed by atoms with van der Waals surface area (Å²) in [6.45, 7) is 10.8. The first-order chi connectivity index (χ1) is 13.4. The topological polar surface area (TPSA) is 49.6 Å². The van der Waals surface area contributed by atoms with Crippen LogP contribution in [0.4, 0.5) is 0 Å². The molecule has 150 valence electrons. The van der Waals surface area contributed by atoms with Gasteiger partial charge in [0.2, 0.25) is 0 Å². The number of halogens is 1. The van der Waals surface area contributed by atoms with Gasteiger partial charge in [0, 0.05) is 27.1 Å². The average molecular weight is 445 g/mol. The van der Waals surface area contributed by atoms with Crippen molar-refractivity contribution in [2.45, 2.75) is 47.0 Å². The number of hydrogen-bond acceptors (Lipinski definition) is 3. The van der Waals surface area contributed by atoms with E-state index >= 15 is 0 Å². The number of likely N-dealkylation sites (tertiary alicyclic amines) is 1. The molecule has 0 spiro atoms. The standard InChI is InChI=1S/C22H29BrN4O/c1-15-10-16(2)12-19(11-15)27-17(3)20(22(23)18(27)4)13-24-25-21(28)14-26-8-6-5-7-9-26/h10-13H,5-9,14H2,1-4H3,(H,25,28)/b24-13-. The summed E-state index contributed by atoms with van der Waals surface area (Å²) >= 11 is 3.70. The van der Waals surface area contributed by atoms with Crippen molar-refractivity contribution in [2.24, 2.45) is 5.10 Å². The third kappa shape index (κ3) is 4.73. The van der Waals surface area contributed by atoms with E-state index in [0.29, 0.717) is 6.54 Å². The van der Waals surface area contributed by atoms with Crippen LogP contribution in [0.5, 0.6) is 0 Å². The summed E-state index contributed by atoms with van der Waals surface area (Å²) in [5.41, 5.74) is 9.47. The van der Waals surface area contributed by atoms with E-state index in [2.05, 4.69) is 81.8 Å².